The number of hydrogen-bond donors (Lipinski definition) is 0. The molecule has 0 aliphatic carbocycles. The molecule has 0 bridgehead atoms. The molecule has 2 aromatic rings. The Bertz CT molecular complexity index is 1070. The van der Waals surface area contributed by atoms with Gasteiger partial charge in [0, 0.05) is 24.3 Å². The molecule has 0 radical (unpaired) electrons. The number of nitrogens with zero attached hydrogens (tertiary/aromatic N) is 2. The Morgan fingerprint density at radius 2 is 1.87 bits per heavy atom. The highest BCUT2D eigenvalue weighted by Crippen LogP contribution is 2.34. The zero-order chi connectivity index (χ0) is 22.0. The van der Waals surface area contributed by atoms with Crippen LogP contribution in [0, 0.1) is 0 Å². The molecular weight excluding hydrogens is 416 g/mol. The van der Waals surface area contributed by atoms with Crippen LogP contribution in [0.1, 0.15) is 32.3 Å². The van der Waals surface area contributed by atoms with Gasteiger partial charge >= 0.3 is 0 Å². The van der Waals surface area contributed by atoms with Gasteiger partial charge in [0.2, 0.25) is 15.9 Å². The minimum atomic E-state index is -3.88. The Kier molecular flexibility index (Phi) is 6.20. The lowest BCUT2D eigenvalue weighted by molar-refractivity contribution is -0.119. The second-order valence-electron chi connectivity index (χ2n) is 7.94. The highest BCUT2D eigenvalue weighted by atomic mass is 32.2. The molecule has 2 aromatic carbocycles. The molecule has 0 spiro atoms. The molecule has 1 unspecified atom stereocenters. The molecule has 4 rings (SSSR count). The summed E-state index contributed by atoms with van der Waals surface area (Å²) >= 11 is 0. The number of rotatable bonds is 7. The van der Waals surface area contributed by atoms with Crippen LogP contribution in [0.3, 0.4) is 0 Å². The van der Waals surface area contributed by atoms with Gasteiger partial charge in [-0.15, -0.1) is 0 Å². The van der Waals surface area contributed by atoms with E-state index in [1.165, 1.54) is 16.4 Å². The van der Waals surface area contributed by atoms with E-state index in [9.17, 15) is 13.2 Å². The van der Waals surface area contributed by atoms with Crippen LogP contribution in [-0.4, -0.2) is 51.0 Å². The number of hydrogen-bond acceptors (Lipinski definition) is 5. The topological polar surface area (TPSA) is 76.2 Å². The molecule has 166 valence electrons. The zero-order valence-corrected chi connectivity index (χ0v) is 18.7. The Labute approximate surface area is 183 Å². The molecule has 2 aliphatic heterocycles. The molecule has 2 heterocycles. The van der Waals surface area contributed by atoms with E-state index in [0.717, 1.165) is 24.1 Å². The minimum Gasteiger partial charge on any atom is -0.486 e. The number of anilines is 1. The van der Waals surface area contributed by atoms with Crippen LogP contribution in [0.2, 0.25) is 0 Å². The van der Waals surface area contributed by atoms with E-state index in [2.05, 4.69) is 0 Å². The Morgan fingerprint density at radius 1 is 1.13 bits per heavy atom. The SMILES string of the molecule is CCCCN(CC(=O)N1c2ccccc2CC1C)S(=O)(=O)c1ccc2c(c1)OCCO2. The summed E-state index contributed by atoms with van der Waals surface area (Å²) < 4.78 is 39.3. The number of carbonyl (C=O) groups is 1. The van der Waals surface area contributed by atoms with Crippen LogP contribution >= 0.6 is 0 Å². The summed E-state index contributed by atoms with van der Waals surface area (Å²) in [7, 11) is -3.88. The summed E-state index contributed by atoms with van der Waals surface area (Å²) in [5, 5.41) is 0. The number of carbonyl (C=O) groups excluding carboxylic acids is 1. The van der Waals surface area contributed by atoms with Gasteiger partial charge in [0.05, 0.1) is 11.4 Å². The van der Waals surface area contributed by atoms with E-state index in [4.69, 9.17) is 9.47 Å². The van der Waals surface area contributed by atoms with Crippen molar-refractivity contribution in [3.8, 4) is 11.5 Å². The highest BCUT2D eigenvalue weighted by Gasteiger charge is 2.34. The summed E-state index contributed by atoms with van der Waals surface area (Å²) in [5.74, 6) is 0.731. The van der Waals surface area contributed by atoms with Crippen molar-refractivity contribution in [1.29, 1.82) is 0 Å². The number of para-hydroxylation sites is 1. The third-order valence-corrected chi connectivity index (χ3v) is 7.54. The number of sulfonamides is 1. The molecule has 0 saturated heterocycles. The predicted molar refractivity (Wildman–Crippen MR) is 118 cm³/mol. The quantitative estimate of drug-likeness (QED) is 0.655. The molecule has 2 aliphatic rings. The third-order valence-electron chi connectivity index (χ3n) is 5.70. The fourth-order valence-corrected chi connectivity index (χ4v) is 5.57. The molecular formula is C23H28N2O5S. The zero-order valence-electron chi connectivity index (χ0n) is 17.9. The normalized spacial score (nSPS) is 17.6. The second-order valence-corrected chi connectivity index (χ2v) is 9.88. The summed E-state index contributed by atoms with van der Waals surface area (Å²) in [4.78, 5) is 15.1. The van der Waals surface area contributed by atoms with Crippen LogP contribution in [-0.2, 0) is 21.2 Å². The highest BCUT2D eigenvalue weighted by molar-refractivity contribution is 7.89. The summed E-state index contributed by atoms with van der Waals surface area (Å²) in [6.07, 6.45) is 2.26. The van der Waals surface area contributed by atoms with E-state index in [-0.39, 0.29) is 29.9 Å². The van der Waals surface area contributed by atoms with Gasteiger partial charge in [-0.2, -0.15) is 4.31 Å². The first-order chi connectivity index (χ1) is 14.9. The second kappa shape index (κ2) is 8.88. The third kappa shape index (κ3) is 4.27. The van der Waals surface area contributed by atoms with Crippen molar-refractivity contribution in [2.75, 3.05) is 31.2 Å². The van der Waals surface area contributed by atoms with Crippen molar-refractivity contribution >= 4 is 21.6 Å². The lowest BCUT2D eigenvalue weighted by Gasteiger charge is -2.28. The van der Waals surface area contributed by atoms with Crippen LogP contribution in [0.4, 0.5) is 5.69 Å². The van der Waals surface area contributed by atoms with Gasteiger partial charge < -0.3 is 14.4 Å². The first kappa shape index (κ1) is 21.6. The molecule has 0 N–H and O–H groups in total. The molecule has 0 saturated carbocycles. The monoisotopic (exact) mass is 444 g/mol. The summed E-state index contributed by atoms with van der Waals surface area (Å²) in [6.45, 7) is 4.88. The van der Waals surface area contributed by atoms with Crippen molar-refractivity contribution in [3.05, 3.63) is 48.0 Å². The smallest absolute Gasteiger partial charge is 0.243 e. The van der Waals surface area contributed by atoms with Gasteiger partial charge in [-0.3, -0.25) is 4.79 Å². The number of ether oxygens (including phenoxy) is 2. The molecule has 0 aromatic heterocycles. The first-order valence-electron chi connectivity index (χ1n) is 10.7. The van der Waals surface area contributed by atoms with Crippen molar-refractivity contribution in [2.45, 2.75) is 44.0 Å². The van der Waals surface area contributed by atoms with Crippen molar-refractivity contribution in [1.82, 2.24) is 4.31 Å². The van der Waals surface area contributed by atoms with Gasteiger partial charge in [-0.05, 0) is 43.5 Å². The Balaban J connectivity index is 1.60. The standard InChI is InChI=1S/C23H28N2O5S/c1-3-4-11-24(16-23(26)25-17(2)14-18-7-5-6-8-20(18)25)31(27,28)19-9-10-21-22(15-19)30-13-12-29-21/h5-10,15,17H,3-4,11-14,16H2,1-2H3. The van der Waals surface area contributed by atoms with E-state index < -0.39 is 10.0 Å². The van der Waals surface area contributed by atoms with Gasteiger partial charge in [0.25, 0.3) is 0 Å². The van der Waals surface area contributed by atoms with Gasteiger partial charge in [0.1, 0.15) is 13.2 Å². The van der Waals surface area contributed by atoms with Crippen molar-refractivity contribution in [3.63, 3.8) is 0 Å². The summed E-state index contributed by atoms with van der Waals surface area (Å²) in [6, 6.07) is 12.4. The number of unbranched alkanes of at least 4 members (excludes halogenated alkanes) is 1. The number of benzene rings is 2. The summed E-state index contributed by atoms with van der Waals surface area (Å²) in [5.41, 5.74) is 1.98. The van der Waals surface area contributed by atoms with Gasteiger partial charge in [-0.1, -0.05) is 31.5 Å². The molecule has 1 amide bonds. The fraction of sp³-hybridized carbons (Fsp3) is 0.435. The molecule has 7 nitrogen and oxygen atoms in total. The molecule has 1 atom stereocenters. The average molecular weight is 445 g/mol. The maximum atomic E-state index is 13.5. The van der Waals surface area contributed by atoms with Gasteiger partial charge in [-0.25, -0.2) is 8.42 Å². The first-order valence-corrected chi connectivity index (χ1v) is 12.2. The van der Waals surface area contributed by atoms with E-state index in [0.29, 0.717) is 31.1 Å². The van der Waals surface area contributed by atoms with Crippen LogP contribution in [0.25, 0.3) is 0 Å². The minimum absolute atomic E-state index is 0.00470. The Morgan fingerprint density at radius 3 is 2.65 bits per heavy atom. The number of fused-ring (bicyclic) bond motifs is 2. The predicted octanol–water partition coefficient (Wildman–Crippen LogP) is 3.23. The van der Waals surface area contributed by atoms with E-state index in [1.807, 2.05) is 38.1 Å². The Hall–Kier alpha value is -2.58. The van der Waals surface area contributed by atoms with E-state index in [1.54, 1.807) is 11.0 Å². The van der Waals surface area contributed by atoms with Crippen LogP contribution < -0.4 is 14.4 Å². The maximum absolute atomic E-state index is 13.5. The molecule has 0 fully saturated rings. The van der Waals surface area contributed by atoms with Crippen molar-refractivity contribution in [2.24, 2.45) is 0 Å². The van der Waals surface area contributed by atoms with Crippen LogP contribution in [0.15, 0.2) is 47.4 Å². The molecule has 8 heteroatoms. The molecule has 31 heavy (non-hydrogen) atoms. The van der Waals surface area contributed by atoms with Gasteiger partial charge in [0.15, 0.2) is 11.5 Å². The fourth-order valence-electron chi connectivity index (χ4n) is 4.12. The van der Waals surface area contributed by atoms with Crippen molar-refractivity contribution < 1.29 is 22.7 Å². The number of amides is 1. The van der Waals surface area contributed by atoms with E-state index >= 15 is 0 Å². The lowest BCUT2D eigenvalue weighted by Crippen LogP contribution is -2.45. The maximum Gasteiger partial charge on any atom is 0.243 e. The van der Waals surface area contributed by atoms with Crippen LogP contribution in [0.5, 0.6) is 11.5 Å². The lowest BCUT2D eigenvalue weighted by atomic mass is 10.1. The largest absolute Gasteiger partial charge is 0.486 e. The average Bonchev–Trinajstić information content (AvgIpc) is 3.11.